The fraction of sp³-hybridized carbons (Fsp3) is 0.250. The maximum absolute atomic E-state index is 11.9. The molecule has 2 N–H and O–H groups in total. The van der Waals surface area contributed by atoms with E-state index in [2.05, 4.69) is 10.6 Å². The molecule has 6 heteroatoms. The number of benzene rings is 2. The van der Waals surface area contributed by atoms with Crippen molar-refractivity contribution in [3.05, 3.63) is 54.1 Å². The quantitative estimate of drug-likeness (QED) is 0.762. The summed E-state index contributed by atoms with van der Waals surface area (Å²) in [5.74, 6) is 0.320. The molecule has 0 saturated carbocycles. The van der Waals surface area contributed by atoms with Gasteiger partial charge < -0.3 is 20.2 Å². The van der Waals surface area contributed by atoms with Gasteiger partial charge in [-0.05, 0) is 55.3 Å². The zero-order valence-electron chi connectivity index (χ0n) is 14.9. The maximum Gasteiger partial charge on any atom is 0.262 e. The van der Waals surface area contributed by atoms with Gasteiger partial charge in [-0.15, -0.1) is 0 Å². The molecule has 0 aliphatic rings. The molecule has 2 amide bonds. The smallest absolute Gasteiger partial charge is 0.262 e. The van der Waals surface area contributed by atoms with Crippen LogP contribution in [0, 0.1) is 0 Å². The molecular formula is C20H22N2O4. The fourth-order valence-corrected chi connectivity index (χ4v) is 2.26. The van der Waals surface area contributed by atoms with Gasteiger partial charge in [0.1, 0.15) is 11.5 Å². The number of aryl methyl sites for hydroxylation is 1. The Morgan fingerprint density at radius 3 is 1.96 bits per heavy atom. The number of ether oxygens (including phenoxy) is 1. The lowest BCUT2D eigenvalue weighted by Gasteiger charge is -2.09. The second-order valence-corrected chi connectivity index (χ2v) is 5.94. The molecular weight excluding hydrogens is 332 g/mol. The van der Waals surface area contributed by atoms with Crippen LogP contribution in [0.5, 0.6) is 5.75 Å². The molecule has 0 bridgehead atoms. The van der Waals surface area contributed by atoms with E-state index in [9.17, 15) is 14.4 Å². The van der Waals surface area contributed by atoms with Gasteiger partial charge in [-0.2, -0.15) is 0 Å². The van der Waals surface area contributed by atoms with E-state index < -0.39 is 0 Å². The van der Waals surface area contributed by atoms with Crippen LogP contribution >= 0.6 is 0 Å². The van der Waals surface area contributed by atoms with E-state index in [1.165, 1.54) is 6.92 Å². The summed E-state index contributed by atoms with van der Waals surface area (Å²) in [6.07, 6.45) is 1.22. The van der Waals surface area contributed by atoms with Crippen LogP contribution in [0.4, 0.5) is 11.4 Å². The van der Waals surface area contributed by atoms with E-state index in [0.29, 0.717) is 30.0 Å². The Morgan fingerprint density at radius 2 is 1.42 bits per heavy atom. The van der Waals surface area contributed by atoms with Crippen molar-refractivity contribution < 1.29 is 19.1 Å². The van der Waals surface area contributed by atoms with Gasteiger partial charge in [0.2, 0.25) is 5.91 Å². The third-order valence-electron chi connectivity index (χ3n) is 3.55. The van der Waals surface area contributed by atoms with Crippen LogP contribution in [-0.2, 0) is 20.8 Å². The predicted molar refractivity (Wildman–Crippen MR) is 100 cm³/mol. The third kappa shape index (κ3) is 6.76. The zero-order valence-corrected chi connectivity index (χ0v) is 14.9. The Hall–Kier alpha value is -3.15. The van der Waals surface area contributed by atoms with Crippen molar-refractivity contribution in [2.45, 2.75) is 26.7 Å². The van der Waals surface area contributed by atoms with Crippen LogP contribution in [-0.4, -0.2) is 24.2 Å². The molecule has 26 heavy (non-hydrogen) atoms. The van der Waals surface area contributed by atoms with Gasteiger partial charge in [0, 0.05) is 24.7 Å². The van der Waals surface area contributed by atoms with Gasteiger partial charge in [0.05, 0.1) is 0 Å². The van der Waals surface area contributed by atoms with E-state index in [-0.39, 0.29) is 24.2 Å². The molecule has 0 saturated heterocycles. The summed E-state index contributed by atoms with van der Waals surface area (Å²) in [6.45, 7) is 2.90. The molecule has 136 valence electrons. The van der Waals surface area contributed by atoms with Crippen LogP contribution in [0.2, 0.25) is 0 Å². The van der Waals surface area contributed by atoms with Crippen LogP contribution in [0.25, 0.3) is 0 Å². The number of carbonyl (C=O) groups is 3. The molecule has 2 aromatic carbocycles. The fourth-order valence-electron chi connectivity index (χ4n) is 2.26. The van der Waals surface area contributed by atoms with Gasteiger partial charge in [0.15, 0.2) is 6.61 Å². The number of Topliss-reactive ketones (excluding diaryl/α,β-unsaturated/α-hetero) is 1. The average Bonchev–Trinajstić information content (AvgIpc) is 2.60. The van der Waals surface area contributed by atoms with Crippen molar-refractivity contribution in [1.82, 2.24) is 0 Å². The molecule has 0 aliphatic carbocycles. The molecule has 0 fully saturated rings. The van der Waals surface area contributed by atoms with Crippen molar-refractivity contribution >= 4 is 29.0 Å². The molecule has 0 spiro atoms. The minimum absolute atomic E-state index is 0.111. The van der Waals surface area contributed by atoms with Crippen LogP contribution < -0.4 is 15.4 Å². The van der Waals surface area contributed by atoms with Crippen molar-refractivity contribution in [3.63, 3.8) is 0 Å². The van der Waals surface area contributed by atoms with E-state index in [4.69, 9.17) is 4.74 Å². The molecule has 0 atom stereocenters. The number of rotatable bonds is 8. The topological polar surface area (TPSA) is 84.5 Å². The number of anilines is 2. The lowest BCUT2D eigenvalue weighted by Crippen LogP contribution is -2.20. The van der Waals surface area contributed by atoms with Crippen molar-refractivity contribution in [2.24, 2.45) is 0 Å². The first-order valence-electron chi connectivity index (χ1n) is 8.31. The number of carbonyl (C=O) groups excluding carboxylic acids is 3. The first-order chi connectivity index (χ1) is 12.4. The predicted octanol–water partition coefficient (Wildman–Crippen LogP) is 3.18. The minimum atomic E-state index is -0.280. The monoisotopic (exact) mass is 354 g/mol. The summed E-state index contributed by atoms with van der Waals surface area (Å²) in [5, 5.41) is 5.38. The Labute approximate surface area is 152 Å². The van der Waals surface area contributed by atoms with Crippen LogP contribution in [0.1, 0.15) is 25.8 Å². The summed E-state index contributed by atoms with van der Waals surface area (Å²) in [4.78, 5) is 33.9. The van der Waals surface area contributed by atoms with E-state index in [0.717, 1.165) is 5.56 Å². The molecule has 0 radical (unpaired) electrons. The lowest BCUT2D eigenvalue weighted by molar-refractivity contribution is -0.118. The highest BCUT2D eigenvalue weighted by Gasteiger charge is 2.05. The Bertz CT molecular complexity index is 767. The van der Waals surface area contributed by atoms with Gasteiger partial charge in [-0.3, -0.25) is 9.59 Å². The minimum Gasteiger partial charge on any atom is -0.484 e. The molecule has 2 rings (SSSR count). The number of nitrogens with one attached hydrogen (secondary N) is 2. The second-order valence-electron chi connectivity index (χ2n) is 5.94. The summed E-state index contributed by atoms with van der Waals surface area (Å²) < 4.78 is 5.46. The highest BCUT2D eigenvalue weighted by atomic mass is 16.5. The normalized spacial score (nSPS) is 10.1. The lowest BCUT2D eigenvalue weighted by atomic mass is 10.1. The zero-order chi connectivity index (χ0) is 18.9. The molecule has 0 aromatic heterocycles. The summed E-state index contributed by atoms with van der Waals surface area (Å²) in [6, 6.07) is 14.2. The largest absolute Gasteiger partial charge is 0.484 e. The summed E-state index contributed by atoms with van der Waals surface area (Å²) >= 11 is 0. The van der Waals surface area contributed by atoms with Gasteiger partial charge in [-0.25, -0.2) is 0 Å². The van der Waals surface area contributed by atoms with Gasteiger partial charge >= 0.3 is 0 Å². The third-order valence-corrected chi connectivity index (χ3v) is 3.55. The van der Waals surface area contributed by atoms with E-state index in [1.54, 1.807) is 43.3 Å². The number of ketones is 1. The first-order valence-corrected chi connectivity index (χ1v) is 8.31. The van der Waals surface area contributed by atoms with E-state index >= 15 is 0 Å². The second kappa shape index (κ2) is 9.36. The Morgan fingerprint density at radius 1 is 0.846 bits per heavy atom. The highest BCUT2D eigenvalue weighted by Crippen LogP contribution is 2.15. The highest BCUT2D eigenvalue weighted by molar-refractivity contribution is 5.93. The van der Waals surface area contributed by atoms with Crippen molar-refractivity contribution in [3.8, 4) is 5.75 Å². The number of hydrogen-bond acceptors (Lipinski definition) is 4. The molecule has 0 heterocycles. The molecule has 0 aliphatic heterocycles. The van der Waals surface area contributed by atoms with E-state index in [1.807, 2.05) is 12.1 Å². The summed E-state index contributed by atoms with van der Waals surface area (Å²) in [5.41, 5.74) is 2.33. The Balaban J connectivity index is 1.79. The van der Waals surface area contributed by atoms with Crippen molar-refractivity contribution in [2.75, 3.05) is 17.2 Å². The number of amides is 2. The molecule has 2 aromatic rings. The first kappa shape index (κ1) is 19.2. The van der Waals surface area contributed by atoms with Crippen LogP contribution in [0.3, 0.4) is 0 Å². The van der Waals surface area contributed by atoms with Crippen molar-refractivity contribution in [1.29, 1.82) is 0 Å². The standard InChI is InChI=1S/C20H22N2O4/c1-14(23)3-4-16-5-11-19(12-6-16)26-13-20(25)22-18-9-7-17(8-10-18)21-15(2)24/h5-12H,3-4,13H2,1-2H3,(H,21,24)(H,22,25). The van der Waals surface area contributed by atoms with Crippen LogP contribution in [0.15, 0.2) is 48.5 Å². The summed E-state index contributed by atoms with van der Waals surface area (Å²) in [7, 11) is 0. The molecule has 6 nitrogen and oxygen atoms in total. The SMILES string of the molecule is CC(=O)CCc1ccc(OCC(=O)Nc2ccc(NC(C)=O)cc2)cc1. The Kier molecular flexibility index (Phi) is 6.91. The van der Waals surface area contributed by atoms with Gasteiger partial charge in [-0.1, -0.05) is 12.1 Å². The maximum atomic E-state index is 11.9. The number of hydrogen-bond donors (Lipinski definition) is 2. The average molecular weight is 354 g/mol. The van der Waals surface area contributed by atoms with Gasteiger partial charge in [0.25, 0.3) is 5.91 Å². The molecule has 0 unspecified atom stereocenters.